The van der Waals surface area contributed by atoms with Crippen molar-refractivity contribution in [3.05, 3.63) is 61.2 Å². The van der Waals surface area contributed by atoms with Crippen LogP contribution in [0.25, 0.3) is 0 Å². The molecular formula is C23H25IN6O8. The monoisotopic (exact) mass is 640 g/mol. The zero-order chi connectivity index (χ0) is 28.0. The molecule has 0 fully saturated rings. The number of aromatic hydroxyl groups is 1. The molecule has 8 N–H and O–H groups in total. The number of anilines is 1. The fourth-order valence-electron chi connectivity index (χ4n) is 3.74. The molecule has 2 aromatic carbocycles. The molecule has 3 rings (SSSR count). The van der Waals surface area contributed by atoms with Crippen molar-refractivity contribution in [3.8, 4) is 5.75 Å². The van der Waals surface area contributed by atoms with Gasteiger partial charge in [0.15, 0.2) is 0 Å². The maximum Gasteiger partial charge on any atom is 0.271 e. The second-order valence-corrected chi connectivity index (χ2v) is 9.59. The minimum atomic E-state index is -1.52. The topological polar surface area (TPSA) is 226 Å². The average molecular weight is 640 g/mol. The molecule has 1 aliphatic rings. The lowest BCUT2D eigenvalue weighted by Crippen LogP contribution is -2.58. The minimum absolute atomic E-state index is 0.00561. The molecule has 0 saturated heterocycles. The zero-order valence-electron chi connectivity index (χ0n) is 19.8. The summed E-state index contributed by atoms with van der Waals surface area (Å²) in [6.07, 6.45) is -0.0603. The lowest BCUT2D eigenvalue weighted by atomic mass is 10.0. The van der Waals surface area contributed by atoms with Crippen LogP contribution in [0.1, 0.15) is 22.3 Å². The largest absolute Gasteiger partial charge is 0.508 e. The van der Waals surface area contributed by atoms with Crippen molar-refractivity contribution < 1.29 is 34.3 Å². The number of aliphatic hydroxyl groups excluding tert-OH is 1. The summed E-state index contributed by atoms with van der Waals surface area (Å²) in [5.41, 5.74) is 5.71. The SMILES string of the molecule is NC(=O)[C@@H]1CCNc2c(I)cc([N+](=O)[O-])cc2C(=O)N[C@@H](CO)C(=O)N[C@@H](Cc2ccc(O)cc2)C(=O)N1. The van der Waals surface area contributed by atoms with Gasteiger partial charge in [0.2, 0.25) is 17.7 Å². The molecule has 0 aromatic heterocycles. The number of carbonyl (C=O) groups excluding carboxylic acids is 4. The summed E-state index contributed by atoms with van der Waals surface area (Å²) in [7, 11) is 0. The van der Waals surface area contributed by atoms with E-state index in [2.05, 4.69) is 21.3 Å². The van der Waals surface area contributed by atoms with Crippen LogP contribution in [-0.2, 0) is 20.8 Å². The predicted octanol–water partition coefficient (Wildman–Crippen LogP) is -0.491. The Morgan fingerprint density at radius 1 is 1.08 bits per heavy atom. The van der Waals surface area contributed by atoms with Crippen molar-refractivity contribution in [2.24, 2.45) is 5.73 Å². The average Bonchev–Trinajstić information content (AvgIpc) is 2.86. The number of carbonyl (C=O) groups is 4. The van der Waals surface area contributed by atoms with E-state index in [1.807, 2.05) is 0 Å². The molecular weight excluding hydrogens is 615 g/mol. The van der Waals surface area contributed by atoms with Gasteiger partial charge in [-0.3, -0.25) is 29.3 Å². The lowest BCUT2D eigenvalue weighted by molar-refractivity contribution is -0.384. The number of benzene rings is 2. The van der Waals surface area contributed by atoms with Crippen LogP contribution in [0, 0.1) is 13.7 Å². The number of phenols is 1. The first kappa shape index (κ1) is 28.6. The number of nitro groups is 1. The van der Waals surface area contributed by atoms with Crippen molar-refractivity contribution in [1.29, 1.82) is 0 Å². The predicted molar refractivity (Wildman–Crippen MR) is 142 cm³/mol. The maximum absolute atomic E-state index is 13.1. The van der Waals surface area contributed by atoms with E-state index in [1.165, 1.54) is 30.3 Å². The van der Waals surface area contributed by atoms with Gasteiger partial charge in [-0.15, -0.1) is 0 Å². The van der Waals surface area contributed by atoms with E-state index in [9.17, 15) is 39.5 Å². The number of halogens is 1. The van der Waals surface area contributed by atoms with Gasteiger partial charge in [-0.05, 0) is 46.7 Å². The zero-order valence-corrected chi connectivity index (χ0v) is 21.9. The Morgan fingerprint density at radius 2 is 1.74 bits per heavy atom. The van der Waals surface area contributed by atoms with Gasteiger partial charge in [-0.1, -0.05) is 12.1 Å². The van der Waals surface area contributed by atoms with Gasteiger partial charge >= 0.3 is 0 Å². The molecule has 0 aliphatic carbocycles. The molecule has 3 atom stereocenters. The molecule has 0 radical (unpaired) electrons. The maximum atomic E-state index is 13.1. The number of phenolic OH excluding ortho intramolecular Hbond substituents is 1. The Labute approximate surface area is 229 Å². The highest BCUT2D eigenvalue weighted by molar-refractivity contribution is 14.1. The minimum Gasteiger partial charge on any atom is -0.508 e. The molecule has 38 heavy (non-hydrogen) atoms. The van der Waals surface area contributed by atoms with E-state index in [-0.39, 0.29) is 42.1 Å². The Hall–Kier alpha value is -3.99. The molecule has 15 heteroatoms. The normalized spacial score (nSPS) is 20.6. The first-order valence-electron chi connectivity index (χ1n) is 11.3. The third-order valence-electron chi connectivity index (χ3n) is 5.74. The standard InChI is InChI=1S/C23H25IN6O8/c24-15-9-12(30(37)38)8-14-19(15)26-6-5-16(20(25)33)27-22(35)17(7-11-1-3-13(32)4-2-11)28-23(36)18(10-31)29-21(14)34/h1-4,8-9,16-18,26,31-32H,5-7,10H2,(H2,25,33)(H,27,35)(H,28,36)(H,29,34)/t16-,17-,18-/m0/s1. The number of rotatable bonds is 5. The van der Waals surface area contributed by atoms with Crippen molar-refractivity contribution in [2.75, 3.05) is 18.5 Å². The Balaban J connectivity index is 2.01. The van der Waals surface area contributed by atoms with Crippen LogP contribution in [-0.4, -0.2) is 70.0 Å². The smallest absolute Gasteiger partial charge is 0.271 e. The molecule has 202 valence electrons. The quantitative estimate of drug-likeness (QED) is 0.127. The van der Waals surface area contributed by atoms with Crippen LogP contribution in [0.4, 0.5) is 11.4 Å². The van der Waals surface area contributed by atoms with Crippen molar-refractivity contribution in [2.45, 2.75) is 31.0 Å². The van der Waals surface area contributed by atoms with Crippen molar-refractivity contribution in [1.82, 2.24) is 16.0 Å². The van der Waals surface area contributed by atoms with E-state index in [0.717, 1.165) is 6.07 Å². The molecule has 0 spiro atoms. The summed E-state index contributed by atoms with van der Waals surface area (Å²) in [6.45, 7) is -0.801. The highest BCUT2D eigenvalue weighted by atomic mass is 127. The number of amides is 4. The van der Waals surface area contributed by atoms with Gasteiger partial charge in [-0.25, -0.2) is 0 Å². The number of primary amides is 1. The number of aliphatic hydroxyl groups is 1. The molecule has 1 heterocycles. The number of fused-ring (bicyclic) bond motifs is 1. The van der Waals surface area contributed by atoms with Gasteiger partial charge in [0.1, 0.15) is 23.9 Å². The number of nitrogens with two attached hydrogens (primary N) is 1. The molecule has 0 saturated carbocycles. The lowest BCUT2D eigenvalue weighted by Gasteiger charge is -2.25. The molecule has 2 aromatic rings. The van der Waals surface area contributed by atoms with Gasteiger partial charge in [0.05, 0.1) is 22.8 Å². The second-order valence-electron chi connectivity index (χ2n) is 8.43. The Bertz CT molecular complexity index is 1260. The van der Waals surface area contributed by atoms with Crippen LogP contribution < -0.4 is 27.0 Å². The molecule has 0 bridgehead atoms. The highest BCUT2D eigenvalue weighted by Gasteiger charge is 2.31. The van der Waals surface area contributed by atoms with E-state index in [1.54, 1.807) is 22.6 Å². The number of hydrogen-bond donors (Lipinski definition) is 7. The first-order valence-corrected chi connectivity index (χ1v) is 12.4. The van der Waals surface area contributed by atoms with Crippen molar-refractivity contribution in [3.63, 3.8) is 0 Å². The molecule has 0 unspecified atom stereocenters. The summed E-state index contributed by atoms with van der Waals surface area (Å²) < 4.78 is 0.313. The van der Waals surface area contributed by atoms with Gasteiger partial charge < -0.3 is 37.2 Å². The van der Waals surface area contributed by atoms with Gasteiger partial charge in [-0.2, -0.15) is 0 Å². The Kier molecular flexibility index (Phi) is 9.40. The number of non-ortho nitro benzene ring substituents is 1. The highest BCUT2D eigenvalue weighted by Crippen LogP contribution is 2.29. The second kappa shape index (κ2) is 12.5. The summed E-state index contributed by atoms with van der Waals surface area (Å²) >= 11 is 1.80. The molecule has 1 aliphatic heterocycles. The first-order chi connectivity index (χ1) is 18.0. The van der Waals surface area contributed by atoms with Crippen LogP contribution >= 0.6 is 22.6 Å². The third kappa shape index (κ3) is 7.06. The van der Waals surface area contributed by atoms with E-state index in [0.29, 0.717) is 9.13 Å². The van der Waals surface area contributed by atoms with Crippen LogP contribution in [0.15, 0.2) is 36.4 Å². The van der Waals surface area contributed by atoms with E-state index >= 15 is 0 Å². The Morgan fingerprint density at radius 3 is 2.34 bits per heavy atom. The summed E-state index contributed by atoms with van der Waals surface area (Å²) in [6, 6.07) is 4.20. The number of nitro benzene ring substituents is 1. The fraction of sp³-hybridized carbons (Fsp3) is 0.304. The van der Waals surface area contributed by atoms with Gasteiger partial charge in [0, 0.05) is 28.7 Å². The van der Waals surface area contributed by atoms with E-state index < -0.39 is 53.3 Å². The van der Waals surface area contributed by atoms with Gasteiger partial charge in [0.25, 0.3) is 11.6 Å². The summed E-state index contributed by atoms with van der Waals surface area (Å²) in [5.74, 6) is -3.38. The number of hydrogen-bond acceptors (Lipinski definition) is 9. The third-order valence-corrected chi connectivity index (χ3v) is 6.59. The van der Waals surface area contributed by atoms with E-state index in [4.69, 9.17) is 5.73 Å². The fourth-order valence-corrected chi connectivity index (χ4v) is 4.54. The van der Waals surface area contributed by atoms with Crippen LogP contribution in [0.2, 0.25) is 0 Å². The molecule has 4 amide bonds. The number of nitrogens with zero attached hydrogens (tertiary/aromatic N) is 1. The molecule has 14 nitrogen and oxygen atoms in total. The van der Waals surface area contributed by atoms with Crippen molar-refractivity contribution >= 4 is 57.6 Å². The number of nitrogens with one attached hydrogen (secondary N) is 4. The summed E-state index contributed by atoms with van der Waals surface area (Å²) in [4.78, 5) is 62.0. The van der Waals surface area contributed by atoms with Crippen LogP contribution in [0.3, 0.4) is 0 Å². The summed E-state index contributed by atoms with van der Waals surface area (Å²) in [5, 5.41) is 41.0. The van der Waals surface area contributed by atoms with Crippen LogP contribution in [0.5, 0.6) is 5.75 Å².